The minimum absolute atomic E-state index is 0.199. The average Bonchev–Trinajstić information content (AvgIpc) is 2.72. The zero-order valence-electron chi connectivity index (χ0n) is 18.8. The molecule has 174 valence electrons. The molecule has 2 aromatic carbocycles. The van der Waals surface area contributed by atoms with Crippen LogP contribution in [-0.4, -0.2) is 50.5 Å². The quantitative estimate of drug-likeness (QED) is 0.516. The lowest BCUT2D eigenvalue weighted by molar-refractivity contribution is -0.140. The maximum Gasteiger partial charge on any atom is 0.244 e. The monoisotopic (exact) mass is 523 g/mol. The molecule has 2 aromatic rings. The number of anilines is 1. The third-order valence-corrected chi connectivity index (χ3v) is 6.62. The van der Waals surface area contributed by atoms with Crippen LogP contribution < -0.4 is 9.62 Å². The molecule has 0 fully saturated rings. The van der Waals surface area contributed by atoms with Gasteiger partial charge in [0.15, 0.2) is 0 Å². The van der Waals surface area contributed by atoms with E-state index in [1.807, 2.05) is 45.0 Å². The van der Waals surface area contributed by atoms with Crippen LogP contribution in [-0.2, 0) is 26.2 Å². The van der Waals surface area contributed by atoms with E-state index in [9.17, 15) is 18.0 Å². The van der Waals surface area contributed by atoms with Gasteiger partial charge in [0.05, 0.1) is 11.9 Å². The Bertz CT molecular complexity index is 1040. The molecule has 0 aliphatic carbocycles. The molecule has 2 rings (SSSR count). The van der Waals surface area contributed by atoms with Crippen LogP contribution in [0.2, 0.25) is 0 Å². The number of benzene rings is 2. The number of hydrogen-bond donors (Lipinski definition) is 1. The molecule has 0 heterocycles. The van der Waals surface area contributed by atoms with E-state index in [1.54, 1.807) is 24.3 Å². The summed E-state index contributed by atoms with van der Waals surface area (Å²) in [6.45, 7) is 5.85. The number of carbonyl (C=O) groups is 2. The lowest BCUT2D eigenvalue weighted by Gasteiger charge is -2.32. The highest BCUT2D eigenvalue weighted by Gasteiger charge is 2.31. The Morgan fingerprint density at radius 3 is 2.28 bits per heavy atom. The number of nitrogens with one attached hydrogen (secondary N) is 1. The number of halogens is 1. The predicted molar refractivity (Wildman–Crippen MR) is 131 cm³/mol. The molecule has 0 aliphatic heterocycles. The normalized spacial score (nSPS) is 12.2. The van der Waals surface area contributed by atoms with Gasteiger partial charge in [-0.15, -0.1) is 0 Å². The minimum atomic E-state index is -3.74. The maximum absolute atomic E-state index is 13.5. The van der Waals surface area contributed by atoms with Gasteiger partial charge >= 0.3 is 0 Å². The van der Waals surface area contributed by atoms with Gasteiger partial charge in [-0.1, -0.05) is 58.7 Å². The second kappa shape index (κ2) is 11.5. The highest BCUT2D eigenvalue weighted by Crippen LogP contribution is 2.23. The topological polar surface area (TPSA) is 86.8 Å². The molecule has 1 unspecified atom stereocenters. The molecule has 0 radical (unpaired) electrons. The fourth-order valence-corrected chi connectivity index (χ4v) is 4.58. The molecule has 0 saturated carbocycles. The van der Waals surface area contributed by atoms with Gasteiger partial charge in [-0.3, -0.25) is 13.9 Å². The number of hydrogen-bond acceptors (Lipinski definition) is 4. The molecule has 0 saturated heterocycles. The van der Waals surface area contributed by atoms with Crippen LogP contribution in [0.15, 0.2) is 53.0 Å². The van der Waals surface area contributed by atoms with Crippen LogP contribution in [0.3, 0.4) is 0 Å². The number of rotatable bonds is 10. The number of carbonyl (C=O) groups excluding carboxylic acids is 2. The maximum atomic E-state index is 13.5. The van der Waals surface area contributed by atoms with Crippen LogP contribution in [0.5, 0.6) is 0 Å². The second-order valence-corrected chi connectivity index (χ2v) is 10.4. The molecular formula is C23H30BrN3O4S. The van der Waals surface area contributed by atoms with Crippen LogP contribution >= 0.6 is 15.9 Å². The molecule has 0 spiro atoms. The van der Waals surface area contributed by atoms with Crippen molar-refractivity contribution in [1.29, 1.82) is 0 Å². The van der Waals surface area contributed by atoms with Gasteiger partial charge in [0.25, 0.3) is 0 Å². The molecule has 32 heavy (non-hydrogen) atoms. The van der Waals surface area contributed by atoms with Crippen molar-refractivity contribution in [1.82, 2.24) is 10.2 Å². The number of nitrogens with zero attached hydrogens (tertiary/aromatic N) is 2. The Balaban J connectivity index is 2.42. The van der Waals surface area contributed by atoms with Crippen molar-refractivity contribution in [2.45, 2.75) is 39.8 Å². The fourth-order valence-electron chi connectivity index (χ4n) is 3.35. The Morgan fingerprint density at radius 2 is 1.75 bits per heavy atom. The largest absolute Gasteiger partial charge is 0.355 e. The third-order valence-electron chi connectivity index (χ3n) is 4.99. The highest BCUT2D eigenvalue weighted by atomic mass is 79.9. The Morgan fingerprint density at radius 1 is 1.09 bits per heavy atom. The standard InChI is InChI=1S/C23H30BrN3O4S/c1-5-21(23(29)25-6-2)26(15-18-12-10-17(3)11-13-18)22(28)16-27(32(4,30)31)20-9-7-8-19(24)14-20/h7-14,21H,5-6,15-16H2,1-4H3,(H,25,29). The molecule has 7 nitrogen and oxygen atoms in total. The SMILES string of the molecule is CCNC(=O)C(CC)N(Cc1ccc(C)cc1)C(=O)CN(c1cccc(Br)c1)S(C)(=O)=O. The zero-order valence-corrected chi connectivity index (χ0v) is 21.2. The molecule has 1 N–H and O–H groups in total. The summed E-state index contributed by atoms with van der Waals surface area (Å²) in [5, 5.41) is 2.78. The van der Waals surface area contributed by atoms with E-state index in [0.29, 0.717) is 23.1 Å². The van der Waals surface area contributed by atoms with Crippen molar-refractivity contribution in [2.75, 3.05) is 23.7 Å². The van der Waals surface area contributed by atoms with Crippen molar-refractivity contribution in [3.05, 3.63) is 64.1 Å². The summed E-state index contributed by atoms with van der Waals surface area (Å²) < 4.78 is 26.8. The van der Waals surface area contributed by atoms with Crippen LogP contribution in [0.25, 0.3) is 0 Å². The summed E-state index contributed by atoms with van der Waals surface area (Å²) in [5.41, 5.74) is 2.32. The number of aryl methyl sites for hydroxylation is 1. The molecular weight excluding hydrogens is 494 g/mol. The van der Waals surface area contributed by atoms with Crippen molar-refractivity contribution in [3.63, 3.8) is 0 Å². The Labute approximate surface area is 199 Å². The first-order valence-corrected chi connectivity index (χ1v) is 13.1. The van der Waals surface area contributed by atoms with Crippen LogP contribution in [0.4, 0.5) is 5.69 Å². The van der Waals surface area contributed by atoms with E-state index in [2.05, 4.69) is 21.2 Å². The van der Waals surface area contributed by atoms with E-state index < -0.39 is 28.5 Å². The summed E-state index contributed by atoms with van der Waals surface area (Å²) in [6, 6.07) is 13.7. The van der Waals surface area contributed by atoms with E-state index in [1.165, 1.54) is 4.90 Å². The zero-order chi connectivity index (χ0) is 23.9. The van der Waals surface area contributed by atoms with Gasteiger partial charge in [-0.25, -0.2) is 8.42 Å². The Kier molecular flexibility index (Phi) is 9.27. The molecule has 0 bridgehead atoms. The van der Waals surface area contributed by atoms with Gasteiger partial charge < -0.3 is 10.2 Å². The fraction of sp³-hybridized carbons (Fsp3) is 0.391. The average molecular weight is 524 g/mol. The van der Waals surface area contributed by atoms with Gasteiger partial charge in [0.2, 0.25) is 21.8 Å². The van der Waals surface area contributed by atoms with E-state index in [-0.39, 0.29) is 12.5 Å². The predicted octanol–water partition coefficient (Wildman–Crippen LogP) is 3.47. The Hall–Kier alpha value is -2.39. The lowest BCUT2D eigenvalue weighted by Crippen LogP contribution is -2.52. The summed E-state index contributed by atoms with van der Waals surface area (Å²) in [4.78, 5) is 27.6. The number of likely N-dealkylation sites (N-methyl/N-ethyl adjacent to an activating group) is 1. The van der Waals surface area contributed by atoms with E-state index in [0.717, 1.165) is 21.7 Å². The molecule has 0 aromatic heterocycles. The molecule has 0 aliphatic rings. The third kappa shape index (κ3) is 7.06. The summed E-state index contributed by atoms with van der Waals surface area (Å²) in [5.74, 6) is -0.710. The van der Waals surface area contributed by atoms with E-state index >= 15 is 0 Å². The first-order valence-electron chi connectivity index (χ1n) is 10.4. The first-order chi connectivity index (χ1) is 15.1. The van der Waals surface area contributed by atoms with E-state index in [4.69, 9.17) is 0 Å². The smallest absolute Gasteiger partial charge is 0.244 e. The van der Waals surface area contributed by atoms with Crippen molar-refractivity contribution < 1.29 is 18.0 Å². The summed E-state index contributed by atoms with van der Waals surface area (Å²) >= 11 is 3.34. The molecule has 2 amide bonds. The van der Waals surface area contributed by atoms with Crippen LogP contribution in [0.1, 0.15) is 31.4 Å². The van der Waals surface area contributed by atoms with Gasteiger partial charge in [-0.05, 0) is 44.0 Å². The highest BCUT2D eigenvalue weighted by molar-refractivity contribution is 9.10. The molecule has 1 atom stereocenters. The van der Waals surface area contributed by atoms with Crippen molar-refractivity contribution >= 4 is 43.5 Å². The number of sulfonamides is 1. The molecule has 9 heteroatoms. The van der Waals surface area contributed by atoms with Crippen molar-refractivity contribution in [3.8, 4) is 0 Å². The van der Waals surface area contributed by atoms with Crippen LogP contribution in [0, 0.1) is 6.92 Å². The second-order valence-electron chi connectivity index (χ2n) is 7.58. The summed E-state index contributed by atoms with van der Waals surface area (Å²) in [7, 11) is -3.74. The van der Waals surface area contributed by atoms with Crippen molar-refractivity contribution in [2.24, 2.45) is 0 Å². The van der Waals surface area contributed by atoms with Gasteiger partial charge in [-0.2, -0.15) is 0 Å². The van der Waals surface area contributed by atoms with Gasteiger partial charge in [0.1, 0.15) is 12.6 Å². The first kappa shape index (κ1) is 25.9. The lowest BCUT2D eigenvalue weighted by atomic mass is 10.1. The summed E-state index contributed by atoms with van der Waals surface area (Å²) in [6.07, 6.45) is 1.46. The minimum Gasteiger partial charge on any atom is -0.355 e. The van der Waals surface area contributed by atoms with Gasteiger partial charge in [0, 0.05) is 17.6 Å². The number of amides is 2.